The minimum absolute atomic E-state index is 0.0652. The summed E-state index contributed by atoms with van der Waals surface area (Å²) in [7, 11) is 0. The third-order valence-corrected chi connectivity index (χ3v) is 4.64. The highest BCUT2D eigenvalue weighted by molar-refractivity contribution is 6.35. The van der Waals surface area contributed by atoms with Crippen LogP contribution >= 0.6 is 23.2 Å². The molecule has 0 unspecified atom stereocenters. The predicted molar refractivity (Wildman–Crippen MR) is 103 cm³/mol. The number of hydrogen-bond donors (Lipinski definition) is 3. The molecule has 2 aromatic carbocycles. The van der Waals surface area contributed by atoms with Crippen molar-refractivity contribution in [2.45, 2.75) is 25.9 Å². The van der Waals surface area contributed by atoms with Crippen molar-refractivity contribution in [2.24, 2.45) is 0 Å². The number of hydrogen-bond acceptors (Lipinski definition) is 2. The van der Waals surface area contributed by atoms with Crippen LogP contribution in [0, 0.1) is 5.82 Å². The summed E-state index contributed by atoms with van der Waals surface area (Å²) in [4.78, 5) is 24.4. The first kappa shape index (κ1) is 21.2. The Kier molecular flexibility index (Phi) is 7.59. The summed E-state index contributed by atoms with van der Waals surface area (Å²) >= 11 is 11.9. The lowest BCUT2D eigenvalue weighted by atomic mass is 10.0. The van der Waals surface area contributed by atoms with Crippen molar-refractivity contribution in [3.05, 3.63) is 69.5 Å². The van der Waals surface area contributed by atoms with Gasteiger partial charge in [-0.05, 0) is 26.0 Å². The Morgan fingerprint density at radius 2 is 1.81 bits per heavy atom. The second-order valence-electron chi connectivity index (χ2n) is 6.01. The molecule has 0 spiro atoms. The zero-order valence-electron chi connectivity index (χ0n) is 14.9. The van der Waals surface area contributed by atoms with E-state index in [1.165, 1.54) is 12.1 Å². The van der Waals surface area contributed by atoms with Crippen molar-refractivity contribution < 1.29 is 19.3 Å². The Balaban J connectivity index is 2.27. The van der Waals surface area contributed by atoms with Crippen molar-refractivity contribution in [1.29, 1.82) is 0 Å². The third-order valence-electron chi connectivity index (χ3n) is 4.03. The molecule has 4 N–H and O–H groups in total. The molecule has 144 valence electrons. The van der Waals surface area contributed by atoms with Crippen molar-refractivity contribution in [1.82, 2.24) is 10.6 Å². The van der Waals surface area contributed by atoms with E-state index in [2.05, 4.69) is 10.6 Å². The number of benzene rings is 2. The van der Waals surface area contributed by atoms with Crippen molar-refractivity contribution >= 4 is 35.1 Å². The summed E-state index contributed by atoms with van der Waals surface area (Å²) in [6.07, 6.45) is 0. The van der Waals surface area contributed by atoms with E-state index in [0.717, 1.165) is 0 Å². The van der Waals surface area contributed by atoms with Crippen LogP contribution in [0.2, 0.25) is 10.0 Å². The van der Waals surface area contributed by atoms with E-state index < -0.39 is 23.8 Å². The first-order chi connectivity index (χ1) is 12.8. The lowest BCUT2D eigenvalue weighted by Crippen LogP contribution is -2.88. The molecule has 27 heavy (non-hydrogen) atoms. The molecule has 0 aliphatic carbocycles. The van der Waals surface area contributed by atoms with Gasteiger partial charge in [0.15, 0.2) is 6.04 Å². The SMILES string of the molecule is CCNC(=O)NC(=O)[C@@H]([NH2+][C@@H](C)c1cc(F)c(Cl)cc1Cl)c1ccccc1. The summed E-state index contributed by atoms with van der Waals surface area (Å²) in [5.74, 6) is -1.07. The van der Waals surface area contributed by atoms with E-state index in [4.69, 9.17) is 23.2 Å². The Morgan fingerprint density at radius 3 is 2.44 bits per heavy atom. The van der Waals surface area contributed by atoms with E-state index in [-0.39, 0.29) is 11.1 Å². The predicted octanol–water partition coefficient (Wildman–Crippen LogP) is 3.34. The second-order valence-corrected chi connectivity index (χ2v) is 6.82. The summed E-state index contributed by atoms with van der Waals surface area (Å²) in [5, 5.41) is 6.81. The molecule has 0 aliphatic heterocycles. The quantitative estimate of drug-likeness (QED) is 0.636. The number of halogens is 3. The molecule has 2 rings (SSSR count). The van der Waals surface area contributed by atoms with Crippen molar-refractivity contribution in [2.75, 3.05) is 6.54 Å². The fourth-order valence-corrected chi connectivity index (χ4v) is 3.24. The van der Waals surface area contributed by atoms with E-state index in [1.54, 1.807) is 43.4 Å². The topological polar surface area (TPSA) is 74.8 Å². The summed E-state index contributed by atoms with van der Waals surface area (Å²) in [5.41, 5.74) is 1.21. The van der Waals surface area contributed by atoms with Gasteiger partial charge >= 0.3 is 6.03 Å². The standard InChI is InChI=1S/C19H20Cl2FN3O2/c1-3-23-19(27)25-18(26)17(12-7-5-4-6-8-12)24-11(2)13-9-16(22)15(21)10-14(13)20/h4-11,17,24H,3H2,1-2H3,(H2,23,25,26,27)/p+1/t11-,17-/m0/s1. The first-order valence-electron chi connectivity index (χ1n) is 8.46. The minimum Gasteiger partial charge on any atom is -0.338 e. The van der Waals surface area contributed by atoms with Gasteiger partial charge in [0.25, 0.3) is 5.91 Å². The zero-order chi connectivity index (χ0) is 20.0. The molecule has 0 radical (unpaired) electrons. The van der Waals surface area contributed by atoms with Gasteiger partial charge in [0.1, 0.15) is 11.9 Å². The molecule has 3 amide bonds. The van der Waals surface area contributed by atoms with Crippen LogP contribution in [0.4, 0.5) is 9.18 Å². The van der Waals surface area contributed by atoms with Crippen molar-refractivity contribution in [3.63, 3.8) is 0 Å². The van der Waals surface area contributed by atoms with Crippen LogP contribution in [0.15, 0.2) is 42.5 Å². The average molecular weight is 413 g/mol. The Hall–Kier alpha value is -2.15. The number of quaternary nitrogens is 1. The largest absolute Gasteiger partial charge is 0.338 e. The number of carbonyl (C=O) groups excluding carboxylic acids is 2. The van der Waals surface area contributed by atoms with E-state index in [1.807, 2.05) is 6.07 Å². The smallest absolute Gasteiger partial charge is 0.321 e. The van der Waals surface area contributed by atoms with Crippen LogP contribution in [0.25, 0.3) is 0 Å². The van der Waals surface area contributed by atoms with E-state index in [0.29, 0.717) is 22.7 Å². The van der Waals surface area contributed by atoms with Crippen LogP contribution in [-0.2, 0) is 4.79 Å². The van der Waals surface area contributed by atoms with E-state index >= 15 is 0 Å². The maximum Gasteiger partial charge on any atom is 0.321 e. The fourth-order valence-electron chi connectivity index (χ4n) is 2.68. The van der Waals surface area contributed by atoms with Crippen LogP contribution in [0.1, 0.15) is 37.1 Å². The Morgan fingerprint density at radius 1 is 1.15 bits per heavy atom. The van der Waals surface area contributed by atoms with Gasteiger partial charge in [-0.15, -0.1) is 0 Å². The highest BCUT2D eigenvalue weighted by atomic mass is 35.5. The normalized spacial score (nSPS) is 12.9. The van der Waals surface area contributed by atoms with Gasteiger partial charge in [0, 0.05) is 17.7 Å². The molecule has 0 heterocycles. The number of imide groups is 1. The molecule has 0 fully saturated rings. The minimum atomic E-state index is -0.724. The molecular weight excluding hydrogens is 392 g/mol. The monoisotopic (exact) mass is 412 g/mol. The molecule has 5 nitrogen and oxygen atoms in total. The van der Waals surface area contributed by atoms with Gasteiger partial charge < -0.3 is 10.6 Å². The molecule has 0 bridgehead atoms. The Bertz CT molecular complexity index is 818. The first-order valence-corrected chi connectivity index (χ1v) is 9.22. The molecule has 0 saturated carbocycles. The number of carbonyl (C=O) groups is 2. The lowest BCUT2D eigenvalue weighted by molar-refractivity contribution is -0.719. The number of rotatable bonds is 6. The van der Waals surface area contributed by atoms with Gasteiger partial charge in [-0.25, -0.2) is 9.18 Å². The van der Waals surface area contributed by atoms with Crippen molar-refractivity contribution in [3.8, 4) is 0 Å². The number of amides is 3. The molecule has 0 aromatic heterocycles. The van der Waals surface area contributed by atoms with Crippen LogP contribution in [-0.4, -0.2) is 18.5 Å². The number of nitrogens with two attached hydrogens (primary N) is 1. The molecule has 2 atom stereocenters. The van der Waals surface area contributed by atoms with Crippen LogP contribution in [0.5, 0.6) is 0 Å². The average Bonchev–Trinajstić information content (AvgIpc) is 2.63. The summed E-state index contributed by atoms with van der Waals surface area (Å²) in [6.45, 7) is 3.95. The zero-order valence-corrected chi connectivity index (χ0v) is 16.4. The third kappa shape index (κ3) is 5.66. The molecule has 0 aliphatic rings. The highest BCUT2D eigenvalue weighted by Crippen LogP contribution is 2.27. The number of urea groups is 1. The van der Waals surface area contributed by atoms with E-state index in [9.17, 15) is 14.0 Å². The molecule has 8 heteroatoms. The molecular formula is C19H21Cl2FN3O2+. The number of nitrogens with one attached hydrogen (secondary N) is 2. The molecule has 2 aromatic rings. The maximum atomic E-state index is 13.9. The highest BCUT2D eigenvalue weighted by Gasteiger charge is 2.29. The second kappa shape index (κ2) is 9.69. The van der Waals surface area contributed by atoms with Gasteiger partial charge in [-0.3, -0.25) is 10.1 Å². The van der Waals surface area contributed by atoms with Crippen LogP contribution < -0.4 is 16.0 Å². The van der Waals surface area contributed by atoms with Gasteiger partial charge in [-0.2, -0.15) is 0 Å². The summed E-state index contributed by atoms with van der Waals surface area (Å²) < 4.78 is 13.9. The Labute approximate surface area is 167 Å². The fraction of sp³-hybridized carbons (Fsp3) is 0.263. The summed E-state index contributed by atoms with van der Waals surface area (Å²) in [6, 6.07) is 9.94. The lowest BCUT2D eigenvalue weighted by Gasteiger charge is -2.21. The van der Waals surface area contributed by atoms with Gasteiger partial charge in [0.05, 0.1) is 10.0 Å². The van der Waals surface area contributed by atoms with Gasteiger partial charge in [0.2, 0.25) is 0 Å². The maximum absolute atomic E-state index is 13.9. The van der Waals surface area contributed by atoms with Gasteiger partial charge in [-0.1, -0.05) is 53.5 Å². The molecule has 0 saturated heterocycles. The van der Waals surface area contributed by atoms with Crippen LogP contribution in [0.3, 0.4) is 0 Å².